The van der Waals surface area contributed by atoms with Gasteiger partial charge in [0.1, 0.15) is 5.75 Å². The molecule has 1 amide bonds. The minimum absolute atomic E-state index is 0. The van der Waals surface area contributed by atoms with Crippen molar-refractivity contribution in [3.63, 3.8) is 0 Å². The van der Waals surface area contributed by atoms with Crippen LogP contribution in [-0.2, 0) is 11.3 Å². The summed E-state index contributed by atoms with van der Waals surface area (Å²) in [7, 11) is 1.63. The second kappa shape index (κ2) is 9.42. The predicted molar refractivity (Wildman–Crippen MR) is 115 cm³/mol. The summed E-state index contributed by atoms with van der Waals surface area (Å²) in [5, 5.41) is 3.04. The maximum absolute atomic E-state index is 11.8. The highest BCUT2D eigenvalue weighted by Crippen LogP contribution is 2.21. The van der Waals surface area contributed by atoms with Crippen molar-refractivity contribution >= 4 is 47.2 Å². The van der Waals surface area contributed by atoms with Crippen molar-refractivity contribution in [3.05, 3.63) is 54.1 Å². The van der Waals surface area contributed by atoms with Gasteiger partial charge in [-0.25, -0.2) is 4.99 Å². The van der Waals surface area contributed by atoms with Gasteiger partial charge in [0.05, 0.1) is 13.7 Å². The molecule has 0 unspecified atom stereocenters. The van der Waals surface area contributed by atoms with E-state index in [0.717, 1.165) is 35.7 Å². The number of nitrogens with two attached hydrogens (primary N) is 1. The smallest absolute Gasteiger partial charge is 0.227 e. The Balaban J connectivity index is 0.00000243. The van der Waals surface area contributed by atoms with Crippen LogP contribution in [0.5, 0.6) is 5.75 Å². The first-order chi connectivity index (χ1) is 12.2. The molecule has 0 aromatic heterocycles. The molecular formula is C19H23IN4O2. The Bertz CT molecular complexity index is 760. The van der Waals surface area contributed by atoms with Gasteiger partial charge in [0, 0.05) is 24.3 Å². The number of carbonyl (C=O) groups excluding carboxylic acids is 1. The van der Waals surface area contributed by atoms with Crippen LogP contribution in [0.1, 0.15) is 18.4 Å². The van der Waals surface area contributed by atoms with Crippen molar-refractivity contribution in [2.24, 2.45) is 10.7 Å². The van der Waals surface area contributed by atoms with Crippen LogP contribution in [0.4, 0.5) is 11.4 Å². The Morgan fingerprint density at radius 2 is 1.88 bits per heavy atom. The first kappa shape index (κ1) is 20.0. The maximum Gasteiger partial charge on any atom is 0.227 e. The Hall–Kier alpha value is -2.29. The molecule has 2 aromatic rings. The third-order valence-corrected chi connectivity index (χ3v) is 4.12. The van der Waals surface area contributed by atoms with Crippen LogP contribution >= 0.6 is 24.0 Å². The molecule has 0 aliphatic carbocycles. The number of anilines is 2. The average molecular weight is 466 g/mol. The number of aliphatic imine (C=N–C) groups is 1. The second-order valence-electron chi connectivity index (χ2n) is 5.87. The average Bonchev–Trinajstić information content (AvgIpc) is 3.07. The van der Waals surface area contributed by atoms with Crippen LogP contribution in [0, 0.1) is 0 Å². The Labute approximate surface area is 170 Å². The molecule has 0 radical (unpaired) electrons. The van der Waals surface area contributed by atoms with Crippen LogP contribution in [0.25, 0.3) is 0 Å². The second-order valence-corrected chi connectivity index (χ2v) is 5.87. The van der Waals surface area contributed by atoms with E-state index in [9.17, 15) is 4.79 Å². The summed E-state index contributed by atoms with van der Waals surface area (Å²) >= 11 is 0. The van der Waals surface area contributed by atoms with Gasteiger partial charge < -0.3 is 20.7 Å². The number of ether oxygens (including phenoxy) is 1. The van der Waals surface area contributed by atoms with E-state index < -0.39 is 0 Å². The number of rotatable bonds is 5. The molecule has 7 heteroatoms. The lowest BCUT2D eigenvalue weighted by molar-refractivity contribution is -0.117. The highest BCUT2D eigenvalue weighted by Gasteiger charge is 2.21. The molecular weight excluding hydrogens is 443 g/mol. The van der Waals surface area contributed by atoms with Crippen LogP contribution in [0.15, 0.2) is 53.5 Å². The zero-order valence-corrected chi connectivity index (χ0v) is 17.0. The van der Waals surface area contributed by atoms with E-state index in [-0.39, 0.29) is 29.9 Å². The number of methoxy groups -OCH3 is 1. The van der Waals surface area contributed by atoms with Gasteiger partial charge in [-0.1, -0.05) is 12.1 Å². The quantitative estimate of drug-likeness (QED) is 0.403. The van der Waals surface area contributed by atoms with Crippen molar-refractivity contribution < 1.29 is 9.53 Å². The topological polar surface area (TPSA) is 80.0 Å². The zero-order valence-electron chi connectivity index (χ0n) is 14.6. The van der Waals surface area contributed by atoms with Gasteiger partial charge >= 0.3 is 0 Å². The van der Waals surface area contributed by atoms with Gasteiger partial charge in [-0.15, -0.1) is 24.0 Å². The molecule has 3 N–H and O–H groups in total. The lowest BCUT2D eigenvalue weighted by Gasteiger charge is -2.15. The number of nitrogens with one attached hydrogen (secondary N) is 1. The molecule has 0 spiro atoms. The summed E-state index contributed by atoms with van der Waals surface area (Å²) in [5.74, 6) is 1.33. The monoisotopic (exact) mass is 466 g/mol. The minimum Gasteiger partial charge on any atom is -0.497 e. The fourth-order valence-corrected chi connectivity index (χ4v) is 2.74. The molecule has 2 aromatic carbocycles. The summed E-state index contributed by atoms with van der Waals surface area (Å²) in [6.45, 7) is 1.28. The summed E-state index contributed by atoms with van der Waals surface area (Å²) in [6.07, 6.45) is 1.57. The lowest BCUT2D eigenvalue weighted by atomic mass is 10.2. The summed E-state index contributed by atoms with van der Waals surface area (Å²) in [5.41, 5.74) is 8.76. The van der Waals surface area contributed by atoms with Crippen LogP contribution in [0.3, 0.4) is 0 Å². The van der Waals surface area contributed by atoms with Crippen molar-refractivity contribution in [3.8, 4) is 5.75 Å². The van der Waals surface area contributed by atoms with Gasteiger partial charge in [0.15, 0.2) is 5.96 Å². The van der Waals surface area contributed by atoms with E-state index >= 15 is 0 Å². The Morgan fingerprint density at radius 3 is 2.46 bits per heavy atom. The van der Waals surface area contributed by atoms with Crippen molar-refractivity contribution in [1.82, 2.24) is 0 Å². The minimum atomic E-state index is 0. The number of carbonyl (C=O) groups is 1. The number of nitrogens with zero attached hydrogens (tertiary/aromatic N) is 2. The molecule has 1 aliphatic heterocycles. The maximum atomic E-state index is 11.8. The molecule has 1 fully saturated rings. The molecule has 0 saturated carbocycles. The third-order valence-electron chi connectivity index (χ3n) is 4.12. The number of hydrogen-bond acceptors (Lipinski definition) is 3. The van der Waals surface area contributed by atoms with Crippen molar-refractivity contribution in [2.45, 2.75) is 19.4 Å². The molecule has 1 aliphatic rings. The van der Waals surface area contributed by atoms with E-state index in [1.54, 1.807) is 7.11 Å². The Morgan fingerprint density at radius 1 is 1.19 bits per heavy atom. The van der Waals surface area contributed by atoms with Crippen molar-refractivity contribution in [2.75, 3.05) is 23.9 Å². The van der Waals surface area contributed by atoms with E-state index in [0.29, 0.717) is 18.9 Å². The van der Waals surface area contributed by atoms with Gasteiger partial charge in [0.25, 0.3) is 0 Å². The van der Waals surface area contributed by atoms with Crippen LogP contribution < -0.4 is 20.7 Å². The summed E-state index contributed by atoms with van der Waals surface area (Å²) in [4.78, 5) is 17.9. The van der Waals surface area contributed by atoms with E-state index in [1.807, 2.05) is 53.4 Å². The first-order valence-electron chi connectivity index (χ1n) is 8.26. The molecule has 0 atom stereocenters. The first-order valence-corrected chi connectivity index (χ1v) is 8.26. The van der Waals surface area contributed by atoms with E-state index in [1.165, 1.54) is 0 Å². The molecule has 26 heavy (non-hydrogen) atoms. The third kappa shape index (κ3) is 5.10. The SMILES string of the molecule is COc1ccc(NC(N)=NCc2ccc(N3CCCC3=O)cc2)cc1.I. The fraction of sp³-hybridized carbons (Fsp3) is 0.263. The highest BCUT2D eigenvalue weighted by atomic mass is 127. The Kier molecular flexibility index (Phi) is 7.26. The molecule has 1 saturated heterocycles. The number of guanidine groups is 1. The molecule has 0 bridgehead atoms. The fourth-order valence-electron chi connectivity index (χ4n) is 2.74. The highest BCUT2D eigenvalue weighted by molar-refractivity contribution is 14.0. The largest absolute Gasteiger partial charge is 0.497 e. The summed E-state index contributed by atoms with van der Waals surface area (Å²) in [6, 6.07) is 15.3. The van der Waals surface area contributed by atoms with Crippen molar-refractivity contribution in [1.29, 1.82) is 0 Å². The lowest BCUT2D eigenvalue weighted by Crippen LogP contribution is -2.23. The number of halogens is 1. The predicted octanol–water partition coefficient (Wildman–Crippen LogP) is 3.37. The van der Waals surface area contributed by atoms with Gasteiger partial charge in [0.2, 0.25) is 5.91 Å². The normalized spacial score (nSPS) is 14.1. The molecule has 3 rings (SSSR count). The standard InChI is InChI=1S/C19H22N4O2.HI/c1-25-17-10-6-15(7-11-17)22-19(20)21-13-14-4-8-16(9-5-14)23-12-2-3-18(23)24;/h4-11H,2-3,12-13H2,1H3,(H3,20,21,22);1H. The van der Waals surface area contributed by atoms with E-state index in [4.69, 9.17) is 10.5 Å². The number of amides is 1. The van der Waals surface area contributed by atoms with Gasteiger partial charge in [-0.2, -0.15) is 0 Å². The number of hydrogen-bond donors (Lipinski definition) is 2. The van der Waals surface area contributed by atoms with Gasteiger partial charge in [-0.05, 0) is 48.4 Å². The molecule has 1 heterocycles. The number of benzene rings is 2. The molecule has 6 nitrogen and oxygen atoms in total. The van der Waals surface area contributed by atoms with Crippen LogP contribution in [0.2, 0.25) is 0 Å². The van der Waals surface area contributed by atoms with E-state index in [2.05, 4.69) is 10.3 Å². The van der Waals surface area contributed by atoms with Gasteiger partial charge in [-0.3, -0.25) is 4.79 Å². The molecule has 138 valence electrons. The summed E-state index contributed by atoms with van der Waals surface area (Å²) < 4.78 is 5.12. The zero-order chi connectivity index (χ0) is 17.6. The van der Waals surface area contributed by atoms with Crippen LogP contribution in [-0.4, -0.2) is 25.5 Å².